The number of anilines is 1. The van der Waals surface area contributed by atoms with Gasteiger partial charge in [0.15, 0.2) is 11.5 Å². The van der Waals surface area contributed by atoms with Crippen molar-refractivity contribution in [3.8, 4) is 11.5 Å². The van der Waals surface area contributed by atoms with E-state index in [1.807, 2.05) is 35.1 Å². The van der Waals surface area contributed by atoms with Crippen LogP contribution in [0.4, 0.5) is 5.69 Å². The fourth-order valence-corrected chi connectivity index (χ4v) is 5.19. The Morgan fingerprint density at radius 3 is 2.56 bits per heavy atom. The zero-order valence-electron chi connectivity index (χ0n) is 21.1. The minimum Gasteiger partial charge on any atom is -0.493 e. The van der Waals surface area contributed by atoms with Gasteiger partial charge in [-0.05, 0) is 50.1 Å². The van der Waals surface area contributed by atoms with Crippen molar-refractivity contribution in [2.75, 3.05) is 51.8 Å². The van der Waals surface area contributed by atoms with Crippen LogP contribution in [0, 0.1) is 6.92 Å². The maximum Gasteiger partial charge on any atom is 0.162 e. The minimum atomic E-state index is 0.598. The molecule has 1 saturated heterocycles. The van der Waals surface area contributed by atoms with E-state index in [0.717, 1.165) is 84.2 Å². The molecule has 2 aromatic carbocycles. The van der Waals surface area contributed by atoms with Gasteiger partial charge in [-0.1, -0.05) is 17.7 Å². The summed E-state index contributed by atoms with van der Waals surface area (Å²) in [6, 6.07) is 10.2. The number of H-pyrrole nitrogens is 1. The Kier molecular flexibility index (Phi) is 7.34. The van der Waals surface area contributed by atoms with Gasteiger partial charge < -0.3 is 19.4 Å². The van der Waals surface area contributed by atoms with Gasteiger partial charge in [0.25, 0.3) is 0 Å². The molecule has 1 aliphatic heterocycles. The maximum absolute atomic E-state index is 6.34. The zero-order valence-corrected chi connectivity index (χ0v) is 21.9. The number of methoxy groups -OCH3 is 2. The first kappa shape index (κ1) is 24.5. The van der Waals surface area contributed by atoms with Crippen molar-refractivity contribution in [1.82, 2.24) is 24.6 Å². The number of benzene rings is 2. The Labute approximate surface area is 216 Å². The van der Waals surface area contributed by atoms with Crippen molar-refractivity contribution in [3.63, 3.8) is 0 Å². The lowest BCUT2D eigenvalue weighted by molar-refractivity contribution is 0.255. The molecule has 2 aromatic heterocycles. The number of imidazole rings is 1. The Bertz CT molecular complexity index is 1310. The molecule has 0 spiro atoms. The fraction of sp³-hybridized carbons (Fsp3) is 0.407. The van der Waals surface area contributed by atoms with Gasteiger partial charge in [-0.3, -0.25) is 9.58 Å². The number of piperazine rings is 1. The van der Waals surface area contributed by atoms with Gasteiger partial charge in [0, 0.05) is 54.5 Å². The molecule has 9 heteroatoms. The third-order valence-corrected chi connectivity index (χ3v) is 7.45. The summed E-state index contributed by atoms with van der Waals surface area (Å²) < 4.78 is 13.1. The van der Waals surface area contributed by atoms with Crippen LogP contribution >= 0.6 is 11.6 Å². The largest absolute Gasteiger partial charge is 0.493 e. The standard InChI is InChI=1S/C27H33ClN6O2/c1-19-22(28)6-4-8-24(19)33-12-10-32(11-13-33)9-5-7-23-21-14-26(35-2)27(36-3)15-25(21)34(31-23)17-20-16-29-18-30-20/h4,6,8,14-16,18H,5,7,9-13,17H2,1-3H3,(H,29,30). The molecule has 0 aliphatic carbocycles. The SMILES string of the molecule is COc1cc2c(CCCN3CCN(c4cccc(Cl)c4C)CC3)nn(Cc3c[nH]cn3)c2cc1OC. The molecular formula is C27H33ClN6O2. The number of nitrogens with zero attached hydrogens (tertiary/aromatic N) is 5. The maximum atomic E-state index is 6.34. The van der Waals surface area contributed by atoms with Crippen molar-refractivity contribution in [3.05, 3.63) is 64.8 Å². The van der Waals surface area contributed by atoms with Crippen LogP contribution < -0.4 is 14.4 Å². The Balaban J connectivity index is 1.26. The first-order valence-corrected chi connectivity index (χ1v) is 12.8. The van der Waals surface area contributed by atoms with Crippen LogP contribution in [-0.2, 0) is 13.0 Å². The Morgan fingerprint density at radius 2 is 1.83 bits per heavy atom. The first-order valence-electron chi connectivity index (χ1n) is 12.4. The molecule has 0 amide bonds. The number of hydrogen-bond acceptors (Lipinski definition) is 6. The normalized spacial score (nSPS) is 14.5. The summed E-state index contributed by atoms with van der Waals surface area (Å²) in [6.07, 6.45) is 5.53. The number of hydrogen-bond donors (Lipinski definition) is 1. The van der Waals surface area contributed by atoms with Gasteiger partial charge in [0.2, 0.25) is 0 Å². The average Bonchev–Trinajstić information content (AvgIpc) is 3.53. The van der Waals surface area contributed by atoms with Crippen LogP contribution in [0.15, 0.2) is 42.9 Å². The molecule has 1 aliphatic rings. The van der Waals surface area contributed by atoms with E-state index in [1.165, 1.54) is 5.69 Å². The lowest BCUT2D eigenvalue weighted by Gasteiger charge is -2.37. The summed E-state index contributed by atoms with van der Waals surface area (Å²) in [5.74, 6) is 1.42. The molecule has 0 unspecified atom stereocenters. The molecule has 5 rings (SSSR count). The summed E-state index contributed by atoms with van der Waals surface area (Å²) in [5.41, 5.74) is 5.46. The molecule has 8 nitrogen and oxygen atoms in total. The van der Waals surface area contributed by atoms with Crippen molar-refractivity contribution in [2.45, 2.75) is 26.3 Å². The topological polar surface area (TPSA) is 71.4 Å². The third-order valence-electron chi connectivity index (χ3n) is 7.04. The van der Waals surface area contributed by atoms with Crippen LogP contribution in [0.3, 0.4) is 0 Å². The number of ether oxygens (including phenoxy) is 2. The predicted molar refractivity (Wildman–Crippen MR) is 144 cm³/mol. The minimum absolute atomic E-state index is 0.598. The number of nitrogens with one attached hydrogen (secondary N) is 1. The lowest BCUT2D eigenvalue weighted by atomic mass is 10.1. The predicted octanol–water partition coefficient (Wildman–Crippen LogP) is 4.54. The summed E-state index contributed by atoms with van der Waals surface area (Å²) in [4.78, 5) is 12.4. The van der Waals surface area contributed by atoms with Crippen LogP contribution in [0.2, 0.25) is 5.02 Å². The number of fused-ring (bicyclic) bond motifs is 1. The Morgan fingerprint density at radius 1 is 1.06 bits per heavy atom. The van der Waals surface area contributed by atoms with Crippen molar-refractivity contribution in [2.24, 2.45) is 0 Å². The van der Waals surface area contributed by atoms with Gasteiger partial charge in [0.1, 0.15) is 0 Å². The second-order valence-electron chi connectivity index (χ2n) is 9.21. The van der Waals surface area contributed by atoms with Crippen molar-refractivity contribution in [1.29, 1.82) is 0 Å². The second-order valence-corrected chi connectivity index (χ2v) is 9.61. The highest BCUT2D eigenvalue weighted by Crippen LogP contribution is 2.34. The smallest absolute Gasteiger partial charge is 0.162 e. The summed E-state index contributed by atoms with van der Waals surface area (Å²) in [7, 11) is 3.33. The van der Waals surface area contributed by atoms with Gasteiger partial charge in [0.05, 0.1) is 44.0 Å². The number of rotatable bonds is 9. The average molecular weight is 509 g/mol. The first-order chi connectivity index (χ1) is 17.6. The molecule has 1 fully saturated rings. The van der Waals surface area contributed by atoms with E-state index in [2.05, 4.69) is 32.8 Å². The molecule has 0 bridgehead atoms. The third kappa shape index (κ3) is 5.01. The number of halogens is 1. The van der Waals surface area contributed by atoms with E-state index in [1.54, 1.807) is 20.5 Å². The number of aryl methyl sites for hydroxylation is 1. The van der Waals surface area contributed by atoms with E-state index in [0.29, 0.717) is 12.3 Å². The molecule has 190 valence electrons. The highest BCUT2D eigenvalue weighted by Gasteiger charge is 2.20. The molecule has 0 atom stereocenters. The monoisotopic (exact) mass is 508 g/mol. The van der Waals surface area contributed by atoms with Crippen LogP contribution in [0.5, 0.6) is 11.5 Å². The summed E-state index contributed by atoms with van der Waals surface area (Å²) in [6.45, 7) is 7.86. The second kappa shape index (κ2) is 10.8. The highest BCUT2D eigenvalue weighted by molar-refractivity contribution is 6.31. The van der Waals surface area contributed by atoms with Gasteiger partial charge in [-0.2, -0.15) is 5.10 Å². The highest BCUT2D eigenvalue weighted by atomic mass is 35.5. The number of aromatic amines is 1. The fourth-order valence-electron chi connectivity index (χ4n) is 5.02. The lowest BCUT2D eigenvalue weighted by Crippen LogP contribution is -2.46. The summed E-state index contributed by atoms with van der Waals surface area (Å²) >= 11 is 6.34. The van der Waals surface area contributed by atoms with Gasteiger partial charge in [-0.25, -0.2) is 4.98 Å². The van der Waals surface area contributed by atoms with Gasteiger partial charge >= 0.3 is 0 Å². The van der Waals surface area contributed by atoms with Gasteiger partial charge in [-0.15, -0.1) is 0 Å². The summed E-state index contributed by atoms with van der Waals surface area (Å²) in [5, 5.41) is 6.92. The molecule has 1 N–H and O–H groups in total. The quantitative estimate of drug-likeness (QED) is 0.358. The van der Waals surface area contributed by atoms with Crippen molar-refractivity contribution < 1.29 is 9.47 Å². The van der Waals surface area contributed by atoms with Crippen LogP contribution in [0.25, 0.3) is 10.9 Å². The van der Waals surface area contributed by atoms with E-state index in [-0.39, 0.29) is 0 Å². The molecule has 4 aromatic rings. The van der Waals surface area contributed by atoms with E-state index >= 15 is 0 Å². The zero-order chi connectivity index (χ0) is 25.1. The molecule has 0 radical (unpaired) electrons. The van der Waals surface area contributed by atoms with Crippen LogP contribution in [-0.4, -0.2) is 71.6 Å². The van der Waals surface area contributed by atoms with Crippen molar-refractivity contribution >= 4 is 28.2 Å². The van der Waals surface area contributed by atoms with E-state index in [9.17, 15) is 0 Å². The Hall–Kier alpha value is -3.23. The molecule has 36 heavy (non-hydrogen) atoms. The molecular weight excluding hydrogens is 476 g/mol. The van der Waals surface area contributed by atoms with E-state index in [4.69, 9.17) is 26.2 Å². The van der Waals surface area contributed by atoms with E-state index < -0.39 is 0 Å². The van der Waals surface area contributed by atoms with Crippen LogP contribution in [0.1, 0.15) is 23.4 Å². The molecule has 0 saturated carbocycles. The number of aromatic nitrogens is 4. The molecule has 3 heterocycles.